The van der Waals surface area contributed by atoms with Crippen molar-refractivity contribution in [3.8, 4) is 0 Å². The first-order valence-corrected chi connectivity index (χ1v) is 7.83. The predicted molar refractivity (Wildman–Crippen MR) is 85.3 cm³/mol. The van der Waals surface area contributed by atoms with Crippen molar-refractivity contribution in [1.29, 1.82) is 0 Å². The van der Waals surface area contributed by atoms with Gasteiger partial charge in [-0.1, -0.05) is 19.1 Å². The van der Waals surface area contributed by atoms with Crippen LogP contribution in [0.25, 0.3) is 0 Å². The molecule has 112 valence electrons. The molecule has 1 fully saturated rings. The number of methoxy groups -OCH3 is 1. The molecule has 1 aliphatic rings. The highest BCUT2D eigenvalue weighted by Crippen LogP contribution is 2.22. The SMILES string of the molecule is COCCNCc1ccc(N2CCCC(C)CC2)cc1. The molecule has 1 N–H and O–H groups in total. The van der Waals surface area contributed by atoms with Gasteiger partial charge in [-0.15, -0.1) is 0 Å². The van der Waals surface area contributed by atoms with Crippen molar-refractivity contribution < 1.29 is 4.74 Å². The quantitative estimate of drug-likeness (QED) is 0.808. The van der Waals surface area contributed by atoms with Crippen molar-refractivity contribution in [2.45, 2.75) is 32.7 Å². The van der Waals surface area contributed by atoms with Crippen molar-refractivity contribution in [3.05, 3.63) is 29.8 Å². The maximum absolute atomic E-state index is 5.03. The minimum absolute atomic E-state index is 0.768. The lowest BCUT2D eigenvalue weighted by Gasteiger charge is -2.23. The Kier molecular flexibility index (Phi) is 6.34. The van der Waals surface area contributed by atoms with E-state index in [0.29, 0.717) is 0 Å². The molecule has 1 aliphatic heterocycles. The van der Waals surface area contributed by atoms with Crippen LogP contribution in [-0.2, 0) is 11.3 Å². The lowest BCUT2D eigenvalue weighted by Crippen LogP contribution is -2.24. The summed E-state index contributed by atoms with van der Waals surface area (Å²) in [4.78, 5) is 2.53. The van der Waals surface area contributed by atoms with Crippen LogP contribution in [0.4, 0.5) is 5.69 Å². The summed E-state index contributed by atoms with van der Waals surface area (Å²) in [6.07, 6.45) is 4.01. The fourth-order valence-electron chi connectivity index (χ4n) is 2.75. The van der Waals surface area contributed by atoms with E-state index in [4.69, 9.17) is 4.74 Å². The molecule has 1 aromatic rings. The zero-order chi connectivity index (χ0) is 14.2. The molecule has 1 saturated heterocycles. The van der Waals surface area contributed by atoms with Crippen LogP contribution in [0.5, 0.6) is 0 Å². The minimum Gasteiger partial charge on any atom is -0.383 e. The molecule has 1 heterocycles. The van der Waals surface area contributed by atoms with Gasteiger partial charge in [0.1, 0.15) is 0 Å². The molecule has 1 aromatic carbocycles. The van der Waals surface area contributed by atoms with Crippen LogP contribution in [0.15, 0.2) is 24.3 Å². The van der Waals surface area contributed by atoms with E-state index in [0.717, 1.165) is 25.6 Å². The summed E-state index contributed by atoms with van der Waals surface area (Å²) < 4.78 is 5.03. The van der Waals surface area contributed by atoms with Crippen molar-refractivity contribution in [2.24, 2.45) is 5.92 Å². The van der Waals surface area contributed by atoms with E-state index >= 15 is 0 Å². The van der Waals surface area contributed by atoms with E-state index in [1.54, 1.807) is 7.11 Å². The summed E-state index contributed by atoms with van der Waals surface area (Å²) in [6.45, 7) is 7.37. The van der Waals surface area contributed by atoms with E-state index in [2.05, 4.69) is 41.4 Å². The highest BCUT2D eigenvalue weighted by atomic mass is 16.5. The van der Waals surface area contributed by atoms with Crippen LogP contribution in [0.1, 0.15) is 31.7 Å². The topological polar surface area (TPSA) is 24.5 Å². The minimum atomic E-state index is 0.768. The summed E-state index contributed by atoms with van der Waals surface area (Å²) in [5.41, 5.74) is 2.72. The van der Waals surface area contributed by atoms with Gasteiger partial charge in [0, 0.05) is 39.0 Å². The number of nitrogens with one attached hydrogen (secondary N) is 1. The molecule has 0 aromatic heterocycles. The van der Waals surface area contributed by atoms with E-state index in [-0.39, 0.29) is 0 Å². The van der Waals surface area contributed by atoms with E-state index in [9.17, 15) is 0 Å². The molecule has 1 unspecified atom stereocenters. The Hall–Kier alpha value is -1.06. The van der Waals surface area contributed by atoms with Crippen LogP contribution in [0.3, 0.4) is 0 Å². The van der Waals surface area contributed by atoms with Gasteiger partial charge in [-0.25, -0.2) is 0 Å². The Labute approximate surface area is 123 Å². The highest BCUT2D eigenvalue weighted by molar-refractivity contribution is 5.47. The molecule has 0 bridgehead atoms. The van der Waals surface area contributed by atoms with Gasteiger partial charge >= 0.3 is 0 Å². The average Bonchev–Trinajstić information content (AvgIpc) is 2.69. The average molecular weight is 276 g/mol. The number of rotatable bonds is 6. The van der Waals surface area contributed by atoms with Crippen LogP contribution in [0.2, 0.25) is 0 Å². The highest BCUT2D eigenvalue weighted by Gasteiger charge is 2.13. The van der Waals surface area contributed by atoms with Crippen molar-refractivity contribution in [1.82, 2.24) is 5.32 Å². The van der Waals surface area contributed by atoms with Gasteiger partial charge in [-0.2, -0.15) is 0 Å². The zero-order valence-electron chi connectivity index (χ0n) is 12.9. The van der Waals surface area contributed by atoms with Crippen molar-refractivity contribution in [3.63, 3.8) is 0 Å². The number of nitrogens with zero attached hydrogens (tertiary/aromatic N) is 1. The van der Waals surface area contributed by atoms with Gasteiger partial charge in [0.25, 0.3) is 0 Å². The largest absolute Gasteiger partial charge is 0.383 e. The Balaban J connectivity index is 1.84. The molecule has 0 amide bonds. The number of ether oxygens (including phenoxy) is 1. The third-order valence-electron chi connectivity index (χ3n) is 4.13. The summed E-state index contributed by atoms with van der Waals surface area (Å²) in [6, 6.07) is 9.01. The fraction of sp³-hybridized carbons (Fsp3) is 0.647. The van der Waals surface area contributed by atoms with Crippen molar-refractivity contribution in [2.75, 3.05) is 38.3 Å². The van der Waals surface area contributed by atoms with Crippen LogP contribution in [0, 0.1) is 5.92 Å². The third-order valence-corrected chi connectivity index (χ3v) is 4.13. The second-order valence-electron chi connectivity index (χ2n) is 5.86. The lowest BCUT2D eigenvalue weighted by atomic mass is 10.0. The smallest absolute Gasteiger partial charge is 0.0587 e. The first-order valence-electron chi connectivity index (χ1n) is 7.83. The Morgan fingerprint density at radius 2 is 2.00 bits per heavy atom. The predicted octanol–water partition coefficient (Wildman–Crippen LogP) is 3.05. The molecule has 3 heteroatoms. The number of benzene rings is 1. The maximum Gasteiger partial charge on any atom is 0.0587 e. The fourth-order valence-corrected chi connectivity index (χ4v) is 2.75. The second kappa shape index (κ2) is 8.28. The summed E-state index contributed by atoms with van der Waals surface area (Å²) in [7, 11) is 1.73. The summed E-state index contributed by atoms with van der Waals surface area (Å²) in [5, 5.41) is 3.38. The summed E-state index contributed by atoms with van der Waals surface area (Å²) >= 11 is 0. The third kappa shape index (κ3) is 4.80. The van der Waals surface area contributed by atoms with Crippen molar-refractivity contribution >= 4 is 5.69 Å². The Bertz CT molecular complexity index is 377. The molecule has 2 rings (SSSR count). The van der Waals surface area contributed by atoms with E-state index in [1.165, 1.54) is 43.6 Å². The summed E-state index contributed by atoms with van der Waals surface area (Å²) in [5.74, 6) is 0.879. The van der Waals surface area contributed by atoms with Crippen LogP contribution in [-0.4, -0.2) is 33.4 Å². The van der Waals surface area contributed by atoms with Gasteiger partial charge in [0.15, 0.2) is 0 Å². The molecule has 0 aliphatic carbocycles. The van der Waals surface area contributed by atoms with Gasteiger partial charge in [-0.05, 0) is 42.9 Å². The van der Waals surface area contributed by atoms with Gasteiger partial charge in [0.05, 0.1) is 6.61 Å². The first-order chi connectivity index (χ1) is 9.79. The number of hydrogen-bond donors (Lipinski definition) is 1. The normalized spacial score (nSPS) is 19.9. The Morgan fingerprint density at radius 1 is 1.20 bits per heavy atom. The molecule has 0 spiro atoms. The molecule has 20 heavy (non-hydrogen) atoms. The number of hydrogen-bond acceptors (Lipinski definition) is 3. The maximum atomic E-state index is 5.03. The van der Waals surface area contributed by atoms with E-state index < -0.39 is 0 Å². The first kappa shape index (κ1) is 15.3. The Morgan fingerprint density at radius 3 is 2.75 bits per heavy atom. The lowest BCUT2D eigenvalue weighted by molar-refractivity contribution is 0.199. The molecule has 0 radical (unpaired) electrons. The molecule has 0 saturated carbocycles. The van der Waals surface area contributed by atoms with E-state index in [1.807, 2.05) is 0 Å². The van der Waals surface area contributed by atoms with Crippen LogP contribution >= 0.6 is 0 Å². The second-order valence-corrected chi connectivity index (χ2v) is 5.86. The number of anilines is 1. The van der Waals surface area contributed by atoms with Gasteiger partial charge in [0.2, 0.25) is 0 Å². The zero-order valence-corrected chi connectivity index (χ0v) is 12.9. The molecule has 3 nitrogen and oxygen atoms in total. The van der Waals surface area contributed by atoms with Gasteiger partial charge < -0.3 is 15.0 Å². The monoisotopic (exact) mass is 276 g/mol. The van der Waals surface area contributed by atoms with Gasteiger partial charge in [-0.3, -0.25) is 0 Å². The van der Waals surface area contributed by atoms with Crippen LogP contribution < -0.4 is 10.2 Å². The molecule has 1 atom stereocenters. The molecular weight excluding hydrogens is 248 g/mol. The standard InChI is InChI=1S/C17H28N2O/c1-15-4-3-11-19(12-9-15)17-7-5-16(6-8-17)14-18-10-13-20-2/h5-8,15,18H,3-4,9-14H2,1-2H3. The molecular formula is C17H28N2O.